The third kappa shape index (κ3) is 6.37. The molecular formula is C15H30Cl2N4O3. The van der Waals surface area contributed by atoms with Crippen molar-refractivity contribution in [2.75, 3.05) is 65.5 Å². The van der Waals surface area contributed by atoms with Gasteiger partial charge in [-0.25, -0.2) is 0 Å². The summed E-state index contributed by atoms with van der Waals surface area (Å²) < 4.78 is 5.52. The van der Waals surface area contributed by atoms with Crippen LogP contribution in [0.15, 0.2) is 0 Å². The van der Waals surface area contributed by atoms with Crippen LogP contribution in [0.5, 0.6) is 0 Å². The first-order chi connectivity index (χ1) is 10.7. The van der Waals surface area contributed by atoms with Crippen molar-refractivity contribution < 1.29 is 14.3 Å². The van der Waals surface area contributed by atoms with Gasteiger partial charge in [0.15, 0.2) is 0 Å². The zero-order valence-electron chi connectivity index (χ0n) is 14.5. The van der Waals surface area contributed by atoms with Crippen molar-refractivity contribution >= 4 is 36.6 Å². The Bertz CT molecular complexity index is 383. The number of morpholine rings is 1. The third-order valence-corrected chi connectivity index (χ3v) is 4.36. The highest BCUT2D eigenvalue weighted by atomic mass is 35.5. The molecular weight excluding hydrogens is 355 g/mol. The maximum atomic E-state index is 12.4. The summed E-state index contributed by atoms with van der Waals surface area (Å²) in [5.74, 6) is 0.242. The third-order valence-electron chi connectivity index (χ3n) is 4.36. The number of likely N-dealkylation sites (N-methyl/N-ethyl adjacent to an activating group) is 1. The number of nitrogens with zero attached hydrogens (tertiary/aromatic N) is 3. The Morgan fingerprint density at radius 2 is 1.75 bits per heavy atom. The average molecular weight is 385 g/mol. The zero-order chi connectivity index (χ0) is 15.9. The van der Waals surface area contributed by atoms with Gasteiger partial charge in [-0.3, -0.25) is 14.5 Å². The SMILES string of the molecule is CCN(CC)C(=O)CN1CCN(C(=O)C2CNCCO2)CC1.Cl.Cl. The molecule has 2 fully saturated rings. The fourth-order valence-electron chi connectivity index (χ4n) is 2.92. The summed E-state index contributed by atoms with van der Waals surface area (Å²) >= 11 is 0. The van der Waals surface area contributed by atoms with Crippen molar-refractivity contribution in [3.05, 3.63) is 0 Å². The minimum Gasteiger partial charge on any atom is -0.366 e. The van der Waals surface area contributed by atoms with Crippen LogP contribution in [0.2, 0.25) is 0 Å². The Morgan fingerprint density at radius 1 is 1.12 bits per heavy atom. The first-order valence-corrected chi connectivity index (χ1v) is 8.27. The first-order valence-electron chi connectivity index (χ1n) is 8.27. The van der Waals surface area contributed by atoms with Crippen LogP contribution in [0, 0.1) is 0 Å². The van der Waals surface area contributed by atoms with E-state index in [-0.39, 0.29) is 42.7 Å². The van der Waals surface area contributed by atoms with Gasteiger partial charge < -0.3 is 19.9 Å². The monoisotopic (exact) mass is 384 g/mol. The lowest BCUT2D eigenvalue weighted by molar-refractivity contribution is -0.147. The number of amides is 2. The van der Waals surface area contributed by atoms with Crippen LogP contribution >= 0.6 is 24.8 Å². The van der Waals surface area contributed by atoms with E-state index in [4.69, 9.17) is 4.74 Å². The number of halogens is 2. The van der Waals surface area contributed by atoms with E-state index >= 15 is 0 Å². The molecule has 2 rings (SSSR count). The first kappa shape index (κ1) is 23.4. The molecule has 0 spiro atoms. The van der Waals surface area contributed by atoms with Gasteiger partial charge >= 0.3 is 0 Å². The van der Waals surface area contributed by atoms with Crippen LogP contribution in [0.25, 0.3) is 0 Å². The van der Waals surface area contributed by atoms with Crippen LogP contribution in [-0.2, 0) is 14.3 Å². The topological polar surface area (TPSA) is 65.1 Å². The van der Waals surface area contributed by atoms with Gasteiger partial charge in [-0.1, -0.05) is 0 Å². The largest absolute Gasteiger partial charge is 0.366 e. The fourth-order valence-corrected chi connectivity index (χ4v) is 2.92. The van der Waals surface area contributed by atoms with E-state index < -0.39 is 0 Å². The highest BCUT2D eigenvalue weighted by Gasteiger charge is 2.29. The van der Waals surface area contributed by atoms with E-state index in [2.05, 4.69) is 10.2 Å². The highest BCUT2D eigenvalue weighted by molar-refractivity contribution is 5.85. The minimum absolute atomic E-state index is 0. The number of piperazine rings is 1. The molecule has 2 amide bonds. The van der Waals surface area contributed by atoms with Gasteiger partial charge in [0.25, 0.3) is 5.91 Å². The van der Waals surface area contributed by atoms with Gasteiger partial charge in [-0.15, -0.1) is 24.8 Å². The number of hydrogen-bond donors (Lipinski definition) is 1. The van der Waals surface area contributed by atoms with Gasteiger partial charge in [-0.05, 0) is 13.8 Å². The lowest BCUT2D eigenvalue weighted by Crippen LogP contribution is -2.56. The molecule has 0 saturated carbocycles. The van der Waals surface area contributed by atoms with Gasteiger partial charge in [0.1, 0.15) is 6.10 Å². The van der Waals surface area contributed by atoms with E-state index in [9.17, 15) is 9.59 Å². The smallest absolute Gasteiger partial charge is 0.253 e. The molecule has 7 nitrogen and oxygen atoms in total. The molecule has 0 aliphatic carbocycles. The number of nitrogens with one attached hydrogen (secondary N) is 1. The fraction of sp³-hybridized carbons (Fsp3) is 0.867. The lowest BCUT2D eigenvalue weighted by atomic mass is 10.2. The van der Waals surface area contributed by atoms with E-state index in [1.807, 2.05) is 23.6 Å². The number of ether oxygens (including phenoxy) is 1. The summed E-state index contributed by atoms with van der Waals surface area (Å²) in [7, 11) is 0. The van der Waals surface area contributed by atoms with Crippen molar-refractivity contribution in [3.8, 4) is 0 Å². The average Bonchev–Trinajstić information content (AvgIpc) is 2.57. The summed E-state index contributed by atoms with van der Waals surface area (Å²) in [6.45, 7) is 10.8. The van der Waals surface area contributed by atoms with Crippen LogP contribution < -0.4 is 5.32 Å². The second-order valence-electron chi connectivity index (χ2n) is 5.73. The molecule has 1 atom stereocenters. The normalized spacial score (nSPS) is 21.4. The summed E-state index contributed by atoms with van der Waals surface area (Å²) in [6, 6.07) is 0. The molecule has 2 saturated heterocycles. The molecule has 0 aromatic rings. The molecule has 24 heavy (non-hydrogen) atoms. The molecule has 2 aliphatic heterocycles. The second kappa shape index (κ2) is 11.9. The lowest BCUT2D eigenvalue weighted by Gasteiger charge is -2.37. The molecule has 1 unspecified atom stereocenters. The summed E-state index contributed by atoms with van der Waals surface area (Å²) in [6.07, 6.45) is -0.349. The van der Waals surface area contributed by atoms with E-state index in [0.717, 1.165) is 32.7 Å². The summed E-state index contributed by atoms with van der Waals surface area (Å²) in [5, 5.41) is 3.18. The van der Waals surface area contributed by atoms with E-state index in [1.165, 1.54) is 0 Å². The summed E-state index contributed by atoms with van der Waals surface area (Å²) in [4.78, 5) is 30.3. The van der Waals surface area contributed by atoms with Crippen molar-refractivity contribution in [2.45, 2.75) is 20.0 Å². The number of carbonyl (C=O) groups excluding carboxylic acids is 2. The van der Waals surface area contributed by atoms with Gasteiger partial charge in [0.2, 0.25) is 5.91 Å². The Kier molecular flexibility index (Phi) is 11.6. The molecule has 2 heterocycles. The van der Waals surface area contributed by atoms with Crippen molar-refractivity contribution in [2.24, 2.45) is 0 Å². The number of carbonyl (C=O) groups is 2. The Morgan fingerprint density at radius 3 is 2.25 bits per heavy atom. The molecule has 1 N–H and O–H groups in total. The zero-order valence-corrected chi connectivity index (χ0v) is 16.2. The van der Waals surface area contributed by atoms with Gasteiger partial charge in [0, 0.05) is 52.4 Å². The summed E-state index contributed by atoms with van der Waals surface area (Å²) in [5.41, 5.74) is 0. The molecule has 0 radical (unpaired) electrons. The Labute approximate surface area is 156 Å². The van der Waals surface area contributed by atoms with Crippen molar-refractivity contribution in [1.29, 1.82) is 0 Å². The van der Waals surface area contributed by atoms with Gasteiger partial charge in [0.05, 0.1) is 13.2 Å². The molecule has 9 heteroatoms. The number of rotatable bonds is 5. The number of hydrogen-bond acceptors (Lipinski definition) is 5. The molecule has 0 bridgehead atoms. The standard InChI is InChI=1S/C15H28N4O3.2ClH/c1-3-18(4-2)14(20)12-17-6-8-19(9-7-17)15(21)13-11-16-5-10-22-13;;/h13,16H,3-12H2,1-2H3;2*1H. The predicted molar refractivity (Wildman–Crippen MR) is 98.1 cm³/mol. The maximum Gasteiger partial charge on any atom is 0.253 e. The Hall–Kier alpha value is -0.600. The van der Waals surface area contributed by atoms with Gasteiger partial charge in [-0.2, -0.15) is 0 Å². The van der Waals surface area contributed by atoms with E-state index in [1.54, 1.807) is 0 Å². The molecule has 2 aliphatic rings. The van der Waals surface area contributed by atoms with Crippen LogP contribution in [0.4, 0.5) is 0 Å². The Balaban J connectivity index is 0.00000264. The molecule has 142 valence electrons. The molecule has 0 aromatic heterocycles. The van der Waals surface area contributed by atoms with E-state index in [0.29, 0.717) is 32.8 Å². The van der Waals surface area contributed by atoms with Crippen molar-refractivity contribution in [1.82, 2.24) is 20.0 Å². The second-order valence-corrected chi connectivity index (χ2v) is 5.73. The highest BCUT2D eigenvalue weighted by Crippen LogP contribution is 2.08. The predicted octanol–water partition coefficient (Wildman–Crippen LogP) is -0.169. The van der Waals surface area contributed by atoms with Crippen LogP contribution in [0.1, 0.15) is 13.8 Å². The quantitative estimate of drug-likeness (QED) is 0.712. The van der Waals surface area contributed by atoms with Crippen LogP contribution in [-0.4, -0.2) is 98.1 Å². The maximum absolute atomic E-state index is 12.4. The minimum atomic E-state index is -0.349. The molecule has 0 aromatic carbocycles. The van der Waals surface area contributed by atoms with Crippen molar-refractivity contribution in [3.63, 3.8) is 0 Å². The van der Waals surface area contributed by atoms with Crippen LogP contribution in [0.3, 0.4) is 0 Å².